The van der Waals surface area contributed by atoms with Gasteiger partial charge in [0, 0.05) is 17.7 Å². The number of halogens is 3. The molecule has 170 valence electrons. The number of carbonyl (C=O) groups excluding carboxylic acids is 1. The van der Waals surface area contributed by atoms with Gasteiger partial charge in [-0.15, -0.1) is 0 Å². The van der Waals surface area contributed by atoms with Crippen molar-refractivity contribution in [3.8, 4) is 11.3 Å². The Morgan fingerprint density at radius 3 is 2.39 bits per heavy atom. The van der Waals surface area contributed by atoms with Gasteiger partial charge in [0.15, 0.2) is 0 Å². The van der Waals surface area contributed by atoms with Crippen LogP contribution < -0.4 is 5.43 Å². The summed E-state index contributed by atoms with van der Waals surface area (Å²) in [6, 6.07) is 10.7. The Bertz CT molecular complexity index is 1250. The van der Waals surface area contributed by atoms with Crippen molar-refractivity contribution in [2.24, 2.45) is 5.10 Å². The number of furan rings is 1. The molecule has 1 heterocycles. The molecule has 2 aromatic carbocycles. The maximum atomic E-state index is 12.8. The van der Waals surface area contributed by atoms with Gasteiger partial charge in [0.2, 0.25) is 5.91 Å². The van der Waals surface area contributed by atoms with Crippen molar-refractivity contribution >= 4 is 23.5 Å². The third-order valence-corrected chi connectivity index (χ3v) is 4.33. The molecule has 0 spiro atoms. The Morgan fingerprint density at radius 2 is 1.73 bits per heavy atom. The Balaban J connectivity index is 1.69. The van der Waals surface area contributed by atoms with Gasteiger partial charge in [-0.05, 0) is 24.3 Å². The van der Waals surface area contributed by atoms with Crippen molar-refractivity contribution in [2.45, 2.75) is 12.6 Å². The zero-order chi connectivity index (χ0) is 24.2. The van der Waals surface area contributed by atoms with E-state index in [1.165, 1.54) is 30.3 Å². The molecule has 1 N–H and O–H groups in total. The van der Waals surface area contributed by atoms with E-state index in [0.29, 0.717) is 12.1 Å². The SMILES string of the molecule is O=C(Cc1ccc(C(F)(F)F)cc1[N+](=O)[O-])N/N=C/c1ccc(-c2ccccc2[N+](=O)[O-])o1. The summed E-state index contributed by atoms with van der Waals surface area (Å²) >= 11 is 0. The van der Waals surface area contributed by atoms with Crippen LogP contribution in [0.5, 0.6) is 0 Å². The normalized spacial score (nSPS) is 11.5. The summed E-state index contributed by atoms with van der Waals surface area (Å²) in [5.74, 6) is -0.487. The van der Waals surface area contributed by atoms with Crippen LogP contribution in [-0.2, 0) is 17.4 Å². The number of alkyl halides is 3. The van der Waals surface area contributed by atoms with Crippen molar-refractivity contribution in [3.05, 3.63) is 91.7 Å². The predicted octanol–water partition coefficient (Wildman–Crippen LogP) is 4.47. The van der Waals surface area contributed by atoms with E-state index >= 15 is 0 Å². The van der Waals surface area contributed by atoms with E-state index in [1.54, 1.807) is 6.07 Å². The number of nitro groups is 2. The molecular weight excluding hydrogens is 449 g/mol. The van der Waals surface area contributed by atoms with E-state index in [9.17, 15) is 38.2 Å². The molecule has 10 nitrogen and oxygen atoms in total. The Labute approximate surface area is 182 Å². The van der Waals surface area contributed by atoms with Crippen LogP contribution in [0.3, 0.4) is 0 Å². The molecule has 1 amide bonds. The molecule has 0 aliphatic heterocycles. The third-order valence-electron chi connectivity index (χ3n) is 4.33. The van der Waals surface area contributed by atoms with Crippen molar-refractivity contribution in [3.63, 3.8) is 0 Å². The summed E-state index contributed by atoms with van der Waals surface area (Å²) in [5.41, 5.74) is -0.114. The Kier molecular flexibility index (Phi) is 6.51. The largest absolute Gasteiger partial charge is 0.455 e. The number of hydrogen-bond donors (Lipinski definition) is 1. The molecule has 3 rings (SSSR count). The number of rotatable bonds is 7. The average molecular weight is 462 g/mol. The van der Waals surface area contributed by atoms with Crippen molar-refractivity contribution in [1.29, 1.82) is 0 Å². The fourth-order valence-corrected chi connectivity index (χ4v) is 2.85. The maximum Gasteiger partial charge on any atom is 0.416 e. The van der Waals surface area contributed by atoms with E-state index in [-0.39, 0.29) is 28.3 Å². The van der Waals surface area contributed by atoms with Crippen molar-refractivity contribution in [1.82, 2.24) is 5.43 Å². The second kappa shape index (κ2) is 9.30. The summed E-state index contributed by atoms with van der Waals surface area (Å²) in [7, 11) is 0. The zero-order valence-corrected chi connectivity index (χ0v) is 16.4. The smallest absolute Gasteiger partial charge is 0.416 e. The molecule has 3 aromatic rings. The van der Waals surface area contributed by atoms with Crippen LogP contribution in [0.25, 0.3) is 11.3 Å². The van der Waals surface area contributed by atoms with Gasteiger partial charge in [0.05, 0.1) is 33.6 Å². The van der Waals surface area contributed by atoms with E-state index in [2.05, 4.69) is 10.5 Å². The standard InChI is InChI=1S/C20H13F3N4O6/c21-20(22,23)13-6-5-12(17(10-13)27(31)32)9-19(28)25-24-11-14-7-8-18(33-14)15-3-1-2-4-16(15)26(29)30/h1-8,10-11H,9H2,(H,25,28)/b24-11+. The number of carbonyl (C=O) groups is 1. The summed E-state index contributed by atoms with van der Waals surface area (Å²) in [6.07, 6.45) is -4.26. The van der Waals surface area contributed by atoms with Crippen molar-refractivity contribution in [2.75, 3.05) is 0 Å². The van der Waals surface area contributed by atoms with Gasteiger partial charge >= 0.3 is 6.18 Å². The first-order valence-corrected chi connectivity index (χ1v) is 9.06. The molecule has 0 saturated carbocycles. The second-order valence-corrected chi connectivity index (χ2v) is 6.54. The molecule has 0 aliphatic carbocycles. The Morgan fingerprint density at radius 1 is 1.03 bits per heavy atom. The highest BCUT2D eigenvalue weighted by Crippen LogP contribution is 2.33. The van der Waals surface area contributed by atoms with Gasteiger partial charge in [0.25, 0.3) is 11.4 Å². The number of amides is 1. The van der Waals surface area contributed by atoms with Crippen LogP contribution in [0.2, 0.25) is 0 Å². The van der Waals surface area contributed by atoms with Crippen LogP contribution in [0.4, 0.5) is 24.5 Å². The van der Waals surface area contributed by atoms with Gasteiger partial charge in [0.1, 0.15) is 11.5 Å². The highest BCUT2D eigenvalue weighted by molar-refractivity contribution is 5.83. The second-order valence-electron chi connectivity index (χ2n) is 6.54. The fourth-order valence-electron chi connectivity index (χ4n) is 2.85. The van der Waals surface area contributed by atoms with E-state index < -0.39 is 39.6 Å². The number of nitrogens with zero attached hydrogens (tertiary/aromatic N) is 3. The van der Waals surface area contributed by atoms with Crippen LogP contribution in [0, 0.1) is 20.2 Å². The molecule has 0 bridgehead atoms. The lowest BCUT2D eigenvalue weighted by molar-refractivity contribution is -0.385. The molecule has 0 aliphatic rings. The van der Waals surface area contributed by atoms with Crippen LogP contribution in [0.1, 0.15) is 16.9 Å². The average Bonchev–Trinajstić information content (AvgIpc) is 3.21. The monoisotopic (exact) mass is 462 g/mol. The van der Waals surface area contributed by atoms with Gasteiger partial charge in [-0.25, -0.2) is 5.43 Å². The number of hydrogen-bond acceptors (Lipinski definition) is 7. The lowest BCUT2D eigenvalue weighted by atomic mass is 10.1. The number of benzene rings is 2. The number of para-hydroxylation sites is 1. The van der Waals surface area contributed by atoms with Crippen molar-refractivity contribution < 1.29 is 32.2 Å². The molecule has 1 aromatic heterocycles. The van der Waals surface area contributed by atoms with Crippen LogP contribution in [0.15, 0.2) is 64.1 Å². The molecular formula is C20H13F3N4O6. The van der Waals surface area contributed by atoms with Gasteiger partial charge in [-0.1, -0.05) is 18.2 Å². The zero-order valence-electron chi connectivity index (χ0n) is 16.4. The summed E-state index contributed by atoms with van der Waals surface area (Å²) in [5, 5.41) is 25.8. The number of hydrazone groups is 1. The highest BCUT2D eigenvalue weighted by atomic mass is 19.4. The first-order valence-electron chi connectivity index (χ1n) is 9.06. The molecule has 0 unspecified atom stereocenters. The first-order chi connectivity index (χ1) is 15.6. The van der Waals surface area contributed by atoms with Crippen LogP contribution in [-0.4, -0.2) is 22.0 Å². The molecule has 0 atom stereocenters. The molecule has 0 fully saturated rings. The predicted molar refractivity (Wildman–Crippen MR) is 108 cm³/mol. The minimum absolute atomic E-state index is 0.143. The number of nitrogens with one attached hydrogen (secondary N) is 1. The van der Waals surface area contributed by atoms with E-state index in [1.807, 2.05) is 0 Å². The quantitative estimate of drug-likeness (QED) is 0.312. The molecule has 33 heavy (non-hydrogen) atoms. The minimum Gasteiger partial charge on any atom is -0.455 e. The topological polar surface area (TPSA) is 141 Å². The minimum atomic E-state index is -4.77. The Hall–Kier alpha value is -4.55. The maximum absolute atomic E-state index is 12.8. The van der Waals surface area contributed by atoms with E-state index in [0.717, 1.165) is 12.3 Å². The van der Waals surface area contributed by atoms with Crippen LogP contribution >= 0.6 is 0 Å². The van der Waals surface area contributed by atoms with Gasteiger partial charge in [-0.3, -0.25) is 25.0 Å². The van der Waals surface area contributed by atoms with Gasteiger partial charge in [-0.2, -0.15) is 18.3 Å². The lowest BCUT2D eigenvalue weighted by Crippen LogP contribution is -2.20. The summed E-state index contributed by atoms with van der Waals surface area (Å²) < 4.78 is 43.7. The first kappa shape index (κ1) is 23.1. The summed E-state index contributed by atoms with van der Waals surface area (Å²) in [6.45, 7) is 0. The lowest BCUT2D eigenvalue weighted by Gasteiger charge is -2.08. The molecule has 0 radical (unpaired) electrons. The fraction of sp³-hybridized carbons (Fsp3) is 0.100. The van der Waals surface area contributed by atoms with Gasteiger partial charge < -0.3 is 4.42 Å². The number of nitro benzene ring substituents is 2. The third kappa shape index (κ3) is 5.58. The van der Waals surface area contributed by atoms with E-state index in [4.69, 9.17) is 4.42 Å². The summed E-state index contributed by atoms with van der Waals surface area (Å²) in [4.78, 5) is 32.7. The molecule has 0 saturated heterocycles. The molecule has 13 heteroatoms. The highest BCUT2D eigenvalue weighted by Gasteiger charge is 2.33.